The zero-order chi connectivity index (χ0) is 11.1. The summed E-state index contributed by atoms with van der Waals surface area (Å²) in [6.07, 6.45) is 4.52. The summed E-state index contributed by atoms with van der Waals surface area (Å²) in [5, 5.41) is 8.30. The molecule has 0 amide bonds. The third-order valence-corrected chi connectivity index (χ3v) is 4.03. The van der Waals surface area contributed by atoms with Gasteiger partial charge in [-0.1, -0.05) is 6.42 Å². The SMILES string of the molecule is O=C(O)C(F)(F)CC[C@H]1C[C@@H]2CC[C@H]1C2. The van der Waals surface area contributed by atoms with E-state index in [9.17, 15) is 13.6 Å². The molecule has 0 spiro atoms. The van der Waals surface area contributed by atoms with Gasteiger partial charge in [0.25, 0.3) is 0 Å². The largest absolute Gasteiger partial charge is 0.477 e. The maximum Gasteiger partial charge on any atom is 0.374 e. The zero-order valence-electron chi connectivity index (χ0n) is 8.59. The monoisotopic (exact) mass is 218 g/mol. The average Bonchev–Trinajstić information content (AvgIpc) is 2.75. The van der Waals surface area contributed by atoms with Gasteiger partial charge in [0.2, 0.25) is 0 Å². The van der Waals surface area contributed by atoms with Crippen molar-refractivity contribution in [2.45, 2.75) is 44.4 Å². The van der Waals surface area contributed by atoms with Crippen LogP contribution in [0.2, 0.25) is 0 Å². The second kappa shape index (κ2) is 3.72. The molecule has 3 atom stereocenters. The van der Waals surface area contributed by atoms with E-state index in [4.69, 9.17) is 5.11 Å². The number of fused-ring (bicyclic) bond motifs is 2. The molecule has 0 saturated heterocycles. The minimum absolute atomic E-state index is 0.356. The molecule has 2 fully saturated rings. The van der Waals surface area contributed by atoms with E-state index in [0.29, 0.717) is 18.3 Å². The van der Waals surface area contributed by atoms with Crippen molar-refractivity contribution in [2.24, 2.45) is 17.8 Å². The summed E-state index contributed by atoms with van der Waals surface area (Å²) in [4.78, 5) is 10.2. The number of hydrogen-bond acceptors (Lipinski definition) is 1. The van der Waals surface area contributed by atoms with Gasteiger partial charge < -0.3 is 5.11 Å². The molecule has 2 bridgehead atoms. The first-order chi connectivity index (χ1) is 6.99. The third kappa shape index (κ3) is 2.13. The molecule has 2 rings (SSSR count). The van der Waals surface area contributed by atoms with E-state index in [1.165, 1.54) is 12.8 Å². The van der Waals surface area contributed by atoms with Crippen molar-refractivity contribution in [2.75, 3.05) is 0 Å². The first kappa shape index (κ1) is 10.8. The highest BCUT2D eigenvalue weighted by atomic mass is 19.3. The smallest absolute Gasteiger partial charge is 0.374 e. The summed E-state index contributed by atoms with van der Waals surface area (Å²) in [6, 6.07) is 0. The van der Waals surface area contributed by atoms with Crippen LogP contribution in [-0.2, 0) is 4.79 Å². The van der Waals surface area contributed by atoms with Gasteiger partial charge in [0.05, 0.1) is 0 Å². The highest BCUT2D eigenvalue weighted by Gasteiger charge is 2.43. The lowest BCUT2D eigenvalue weighted by Gasteiger charge is -2.22. The highest BCUT2D eigenvalue weighted by Crippen LogP contribution is 2.50. The quantitative estimate of drug-likeness (QED) is 0.787. The second-order valence-electron chi connectivity index (χ2n) is 4.98. The van der Waals surface area contributed by atoms with Gasteiger partial charge in [-0.2, -0.15) is 8.78 Å². The molecule has 2 aliphatic carbocycles. The lowest BCUT2D eigenvalue weighted by atomic mass is 9.85. The number of halogens is 2. The normalized spacial score (nSPS) is 34.7. The molecule has 0 radical (unpaired) electrons. The predicted octanol–water partition coefficient (Wildman–Crippen LogP) is 2.92. The van der Waals surface area contributed by atoms with Gasteiger partial charge in [0, 0.05) is 6.42 Å². The van der Waals surface area contributed by atoms with Crippen molar-refractivity contribution in [3.8, 4) is 0 Å². The van der Waals surface area contributed by atoms with Gasteiger partial charge >= 0.3 is 11.9 Å². The molecule has 0 aliphatic heterocycles. The second-order valence-corrected chi connectivity index (χ2v) is 4.98. The van der Waals surface area contributed by atoms with Crippen LogP contribution in [0.15, 0.2) is 0 Å². The van der Waals surface area contributed by atoms with Crippen molar-refractivity contribution in [1.29, 1.82) is 0 Å². The highest BCUT2D eigenvalue weighted by molar-refractivity contribution is 5.75. The fourth-order valence-corrected chi connectivity index (χ4v) is 3.20. The van der Waals surface area contributed by atoms with Gasteiger partial charge in [-0.05, 0) is 43.4 Å². The molecule has 4 heteroatoms. The lowest BCUT2D eigenvalue weighted by Crippen LogP contribution is -2.29. The Kier molecular flexibility index (Phi) is 2.69. The van der Waals surface area contributed by atoms with Crippen LogP contribution in [-0.4, -0.2) is 17.0 Å². The molecule has 15 heavy (non-hydrogen) atoms. The molecule has 2 aliphatic rings. The standard InChI is InChI=1S/C11H16F2O2/c12-11(13,10(14)15)4-3-9-6-7-1-2-8(9)5-7/h7-9H,1-6H2,(H,14,15)/t7-,8+,9+/m1/s1. The Labute approximate surface area is 87.7 Å². The number of carboxylic acid groups (broad SMARTS) is 1. The maximum absolute atomic E-state index is 12.8. The summed E-state index contributed by atoms with van der Waals surface area (Å²) in [7, 11) is 0. The Morgan fingerprint density at radius 3 is 2.53 bits per heavy atom. The average molecular weight is 218 g/mol. The summed E-state index contributed by atoms with van der Waals surface area (Å²) in [5.41, 5.74) is 0. The van der Waals surface area contributed by atoms with E-state index in [1.54, 1.807) is 0 Å². The van der Waals surface area contributed by atoms with Crippen LogP contribution in [0, 0.1) is 17.8 Å². The summed E-state index contributed by atoms with van der Waals surface area (Å²) in [5.74, 6) is -3.82. The number of hydrogen-bond donors (Lipinski definition) is 1. The van der Waals surface area contributed by atoms with Gasteiger partial charge in [0.15, 0.2) is 0 Å². The molecule has 0 aromatic rings. The lowest BCUT2D eigenvalue weighted by molar-refractivity contribution is -0.166. The fourth-order valence-electron chi connectivity index (χ4n) is 3.20. The number of rotatable bonds is 4. The van der Waals surface area contributed by atoms with Crippen LogP contribution in [0.4, 0.5) is 8.78 Å². The molecular weight excluding hydrogens is 202 g/mol. The molecular formula is C11H16F2O2. The van der Waals surface area contributed by atoms with Crippen molar-refractivity contribution in [1.82, 2.24) is 0 Å². The van der Waals surface area contributed by atoms with Crippen LogP contribution in [0.25, 0.3) is 0 Å². The van der Waals surface area contributed by atoms with E-state index < -0.39 is 18.3 Å². The molecule has 2 saturated carbocycles. The molecule has 86 valence electrons. The van der Waals surface area contributed by atoms with Gasteiger partial charge in [-0.25, -0.2) is 4.79 Å². The molecule has 1 N–H and O–H groups in total. The predicted molar refractivity (Wildman–Crippen MR) is 50.8 cm³/mol. The van der Waals surface area contributed by atoms with E-state index in [1.807, 2.05) is 0 Å². The molecule has 0 heterocycles. The minimum Gasteiger partial charge on any atom is -0.477 e. The molecule has 0 aromatic carbocycles. The molecule has 0 aromatic heterocycles. The van der Waals surface area contributed by atoms with E-state index in [0.717, 1.165) is 18.8 Å². The van der Waals surface area contributed by atoms with Crippen LogP contribution in [0.5, 0.6) is 0 Å². The Hall–Kier alpha value is -0.670. The Bertz CT molecular complexity index is 265. The van der Waals surface area contributed by atoms with Crippen LogP contribution < -0.4 is 0 Å². The van der Waals surface area contributed by atoms with E-state index in [-0.39, 0.29) is 0 Å². The number of carbonyl (C=O) groups is 1. The number of alkyl halides is 2. The van der Waals surface area contributed by atoms with E-state index >= 15 is 0 Å². The topological polar surface area (TPSA) is 37.3 Å². The van der Waals surface area contributed by atoms with Crippen molar-refractivity contribution >= 4 is 5.97 Å². The number of carboxylic acids is 1. The Balaban J connectivity index is 1.81. The third-order valence-electron chi connectivity index (χ3n) is 4.03. The van der Waals surface area contributed by atoms with Gasteiger partial charge in [-0.15, -0.1) is 0 Å². The van der Waals surface area contributed by atoms with Crippen LogP contribution in [0.3, 0.4) is 0 Å². The van der Waals surface area contributed by atoms with Crippen LogP contribution in [0.1, 0.15) is 38.5 Å². The van der Waals surface area contributed by atoms with E-state index in [2.05, 4.69) is 0 Å². The summed E-state index contributed by atoms with van der Waals surface area (Å²) >= 11 is 0. The first-order valence-electron chi connectivity index (χ1n) is 5.60. The first-order valence-corrected chi connectivity index (χ1v) is 5.60. The van der Waals surface area contributed by atoms with Crippen molar-refractivity contribution in [3.63, 3.8) is 0 Å². The van der Waals surface area contributed by atoms with Crippen LogP contribution >= 0.6 is 0 Å². The van der Waals surface area contributed by atoms with Crippen molar-refractivity contribution in [3.05, 3.63) is 0 Å². The summed E-state index contributed by atoms with van der Waals surface area (Å²) < 4.78 is 25.7. The fraction of sp³-hybridized carbons (Fsp3) is 0.909. The van der Waals surface area contributed by atoms with Gasteiger partial charge in [-0.3, -0.25) is 0 Å². The Morgan fingerprint density at radius 1 is 1.33 bits per heavy atom. The summed E-state index contributed by atoms with van der Waals surface area (Å²) in [6.45, 7) is 0. The van der Waals surface area contributed by atoms with Crippen molar-refractivity contribution < 1.29 is 18.7 Å². The minimum atomic E-state index is -3.53. The van der Waals surface area contributed by atoms with Gasteiger partial charge in [0.1, 0.15) is 0 Å². The molecule has 0 unspecified atom stereocenters. The molecule has 2 nitrogen and oxygen atoms in total. The Morgan fingerprint density at radius 2 is 2.07 bits per heavy atom. The maximum atomic E-state index is 12.8. The zero-order valence-corrected chi connectivity index (χ0v) is 8.59. The number of aliphatic carboxylic acids is 1.